The van der Waals surface area contributed by atoms with E-state index in [0.717, 1.165) is 0 Å². The molecule has 1 amide bonds. The second-order valence-electron chi connectivity index (χ2n) is 3.91. The zero-order chi connectivity index (χ0) is 12.3. The first kappa shape index (κ1) is 12.6. The number of carbonyl (C=O) groups is 2. The van der Waals surface area contributed by atoms with Crippen LogP contribution in [0.5, 0.6) is 0 Å². The summed E-state index contributed by atoms with van der Waals surface area (Å²) in [4.78, 5) is 27.6. The Balaban J connectivity index is 2.70. The van der Waals surface area contributed by atoms with Gasteiger partial charge in [-0.05, 0) is 0 Å². The molecule has 0 radical (unpaired) electrons. The van der Waals surface area contributed by atoms with Gasteiger partial charge in [0.15, 0.2) is 11.5 Å². The third-order valence-electron chi connectivity index (χ3n) is 2.88. The van der Waals surface area contributed by atoms with Crippen molar-refractivity contribution in [1.82, 2.24) is 4.90 Å². The zero-order valence-electron chi connectivity index (χ0n) is 9.49. The Morgan fingerprint density at radius 2 is 1.88 bits per heavy atom. The van der Waals surface area contributed by atoms with Gasteiger partial charge in [0.25, 0.3) is 0 Å². The minimum absolute atomic E-state index is 0.0123. The predicted molar refractivity (Wildman–Crippen MR) is 57.9 cm³/mol. The van der Waals surface area contributed by atoms with Crippen molar-refractivity contribution in [3.05, 3.63) is 0 Å². The Kier molecular flexibility index (Phi) is 3.62. The Labute approximate surface area is 93.5 Å². The number of amidine groups is 1. The largest absolute Gasteiger partial charge is 0.381 e. The number of halogens is 1. The third kappa shape index (κ3) is 2.37. The Hall–Kier alpha value is -1.46. The maximum Gasteiger partial charge on any atom is 0.234 e. The minimum Gasteiger partial charge on any atom is -0.381 e. The van der Waals surface area contributed by atoms with Crippen LogP contribution in [0.3, 0.4) is 0 Å². The summed E-state index contributed by atoms with van der Waals surface area (Å²) < 4.78 is 14.2. The van der Waals surface area contributed by atoms with Gasteiger partial charge in [0.2, 0.25) is 11.7 Å². The number of hydrogen-bond acceptors (Lipinski definition) is 3. The van der Waals surface area contributed by atoms with Crippen molar-refractivity contribution in [2.75, 3.05) is 20.1 Å². The maximum atomic E-state index is 14.2. The van der Waals surface area contributed by atoms with Gasteiger partial charge in [0.1, 0.15) is 0 Å². The third-order valence-corrected chi connectivity index (χ3v) is 2.88. The molecule has 1 aliphatic rings. The molecule has 0 aromatic rings. The second kappa shape index (κ2) is 4.59. The van der Waals surface area contributed by atoms with Crippen molar-refractivity contribution >= 4 is 17.5 Å². The van der Waals surface area contributed by atoms with E-state index in [-0.39, 0.29) is 37.7 Å². The van der Waals surface area contributed by atoms with Crippen molar-refractivity contribution in [2.45, 2.75) is 25.4 Å². The monoisotopic (exact) mass is 229 g/mol. The van der Waals surface area contributed by atoms with Gasteiger partial charge in [-0.3, -0.25) is 14.6 Å². The molecule has 1 saturated heterocycles. The number of likely N-dealkylation sites (tertiary alicyclic amines) is 1. The van der Waals surface area contributed by atoms with E-state index < -0.39 is 11.5 Å². The van der Waals surface area contributed by atoms with Gasteiger partial charge in [0.05, 0.1) is 0 Å². The van der Waals surface area contributed by atoms with Crippen LogP contribution in [0, 0.1) is 0 Å². The molecule has 0 bridgehead atoms. The number of ketones is 1. The summed E-state index contributed by atoms with van der Waals surface area (Å²) in [6.45, 7) is 1.91. The molecule has 0 saturated carbocycles. The lowest BCUT2D eigenvalue weighted by molar-refractivity contribution is -0.136. The van der Waals surface area contributed by atoms with Crippen molar-refractivity contribution in [3.63, 3.8) is 0 Å². The quantitative estimate of drug-likeness (QED) is 0.530. The Morgan fingerprint density at radius 3 is 2.25 bits per heavy atom. The number of nitrogens with two attached hydrogens (primary N) is 1. The second-order valence-corrected chi connectivity index (χ2v) is 3.91. The topological polar surface area (TPSA) is 75.8 Å². The average molecular weight is 229 g/mol. The zero-order valence-corrected chi connectivity index (χ0v) is 9.49. The lowest BCUT2D eigenvalue weighted by atomic mass is 9.88. The molecule has 0 spiro atoms. The van der Waals surface area contributed by atoms with Crippen LogP contribution in [-0.4, -0.2) is 48.2 Å². The van der Waals surface area contributed by atoms with E-state index in [4.69, 9.17) is 5.73 Å². The van der Waals surface area contributed by atoms with Crippen molar-refractivity contribution in [1.29, 1.82) is 0 Å². The fourth-order valence-corrected chi connectivity index (χ4v) is 1.73. The number of aliphatic imine (C=N–C) groups is 1. The van der Waals surface area contributed by atoms with Crippen LogP contribution < -0.4 is 5.73 Å². The summed E-state index contributed by atoms with van der Waals surface area (Å²) in [7, 11) is 1.35. The van der Waals surface area contributed by atoms with E-state index in [2.05, 4.69) is 4.99 Å². The van der Waals surface area contributed by atoms with E-state index in [1.54, 1.807) is 0 Å². The van der Waals surface area contributed by atoms with Crippen LogP contribution in [0.4, 0.5) is 4.39 Å². The number of Topliss-reactive ketones (excluding diaryl/α,β-unsaturated/α-hetero) is 1. The number of alkyl halides is 1. The summed E-state index contributed by atoms with van der Waals surface area (Å²) in [5.41, 5.74) is 3.34. The molecule has 0 atom stereocenters. The normalized spacial score (nSPS) is 20.7. The highest BCUT2D eigenvalue weighted by molar-refractivity contribution is 6.41. The molecule has 1 aliphatic heterocycles. The smallest absolute Gasteiger partial charge is 0.234 e. The fourth-order valence-electron chi connectivity index (χ4n) is 1.73. The van der Waals surface area contributed by atoms with Crippen LogP contribution in [-0.2, 0) is 9.59 Å². The van der Waals surface area contributed by atoms with Crippen LogP contribution >= 0.6 is 0 Å². The molecule has 2 N–H and O–H groups in total. The fraction of sp³-hybridized carbons (Fsp3) is 0.700. The molecular formula is C10H16FN3O2. The van der Waals surface area contributed by atoms with Crippen LogP contribution in [0.1, 0.15) is 19.8 Å². The number of rotatable bonds is 2. The lowest BCUT2D eigenvalue weighted by Crippen LogP contribution is -2.51. The van der Waals surface area contributed by atoms with Gasteiger partial charge in [-0.2, -0.15) is 0 Å². The molecule has 0 aliphatic carbocycles. The number of amides is 1. The standard InChI is InChI=1S/C10H16FN3O2/c1-7(15)14-5-3-10(11,4-6-14)8(16)9(12)13-2/h3-6H2,1-2H3,(H2,12,13). The van der Waals surface area contributed by atoms with Gasteiger partial charge in [-0.1, -0.05) is 0 Å². The van der Waals surface area contributed by atoms with E-state index in [0.29, 0.717) is 0 Å². The molecule has 16 heavy (non-hydrogen) atoms. The summed E-state index contributed by atoms with van der Waals surface area (Å²) in [6, 6.07) is 0. The molecule has 1 rings (SSSR count). The molecule has 0 aromatic heterocycles. The number of carbonyl (C=O) groups excluding carboxylic acids is 2. The van der Waals surface area contributed by atoms with Gasteiger partial charge in [0, 0.05) is 39.9 Å². The van der Waals surface area contributed by atoms with Crippen molar-refractivity contribution in [3.8, 4) is 0 Å². The van der Waals surface area contributed by atoms with E-state index in [1.807, 2.05) is 0 Å². The summed E-state index contributed by atoms with van der Waals surface area (Å²) in [5.74, 6) is -1.16. The highest BCUT2D eigenvalue weighted by Gasteiger charge is 2.43. The first-order chi connectivity index (χ1) is 7.40. The SMILES string of the molecule is CN=C(N)C(=O)C1(F)CCN(C(C)=O)CC1. The molecule has 1 heterocycles. The Morgan fingerprint density at radius 1 is 1.38 bits per heavy atom. The lowest BCUT2D eigenvalue weighted by Gasteiger charge is -2.34. The molecule has 1 fully saturated rings. The number of piperidine rings is 1. The van der Waals surface area contributed by atoms with Crippen LogP contribution in [0.25, 0.3) is 0 Å². The van der Waals surface area contributed by atoms with Crippen molar-refractivity contribution < 1.29 is 14.0 Å². The van der Waals surface area contributed by atoms with Crippen LogP contribution in [0.15, 0.2) is 4.99 Å². The molecule has 90 valence electrons. The van der Waals surface area contributed by atoms with Crippen molar-refractivity contribution in [2.24, 2.45) is 10.7 Å². The highest BCUT2D eigenvalue weighted by Crippen LogP contribution is 2.27. The predicted octanol–water partition coefficient (Wildman–Crippen LogP) is -0.107. The van der Waals surface area contributed by atoms with Crippen LogP contribution in [0.2, 0.25) is 0 Å². The highest BCUT2D eigenvalue weighted by atomic mass is 19.1. The number of hydrogen-bond donors (Lipinski definition) is 1. The minimum atomic E-state index is -1.96. The first-order valence-corrected chi connectivity index (χ1v) is 5.12. The van der Waals surface area contributed by atoms with Gasteiger partial charge in [-0.15, -0.1) is 0 Å². The number of nitrogens with zero attached hydrogens (tertiary/aromatic N) is 2. The molecular weight excluding hydrogens is 213 g/mol. The molecule has 0 aromatic carbocycles. The summed E-state index contributed by atoms with van der Waals surface area (Å²) in [5, 5.41) is 0. The van der Waals surface area contributed by atoms with Gasteiger partial charge < -0.3 is 10.6 Å². The van der Waals surface area contributed by atoms with E-state index in [1.165, 1.54) is 18.9 Å². The first-order valence-electron chi connectivity index (χ1n) is 5.12. The van der Waals surface area contributed by atoms with Gasteiger partial charge >= 0.3 is 0 Å². The van der Waals surface area contributed by atoms with E-state index in [9.17, 15) is 14.0 Å². The summed E-state index contributed by atoms with van der Waals surface area (Å²) >= 11 is 0. The molecule has 5 nitrogen and oxygen atoms in total. The average Bonchev–Trinajstić information content (AvgIpc) is 2.27. The molecule has 0 unspecified atom stereocenters. The van der Waals surface area contributed by atoms with E-state index >= 15 is 0 Å². The molecule has 6 heteroatoms. The maximum absolute atomic E-state index is 14.2. The summed E-state index contributed by atoms with van der Waals surface area (Å²) in [6.07, 6.45) is -0.0245. The van der Waals surface area contributed by atoms with Gasteiger partial charge in [-0.25, -0.2) is 4.39 Å². The Bertz CT molecular complexity index is 333.